The van der Waals surface area contributed by atoms with Crippen LogP contribution in [0.15, 0.2) is 0 Å². The Labute approximate surface area is 119 Å². The Hall–Kier alpha value is -0.290. The van der Waals surface area contributed by atoms with Crippen LogP contribution < -0.4 is 5.73 Å². The van der Waals surface area contributed by atoms with E-state index >= 15 is 0 Å². The summed E-state index contributed by atoms with van der Waals surface area (Å²) in [6.07, 6.45) is 4.17. The van der Waals surface area contributed by atoms with Crippen molar-refractivity contribution in [1.29, 1.82) is 0 Å². The summed E-state index contributed by atoms with van der Waals surface area (Å²) in [7, 11) is 0. The van der Waals surface area contributed by atoms with Crippen molar-refractivity contribution in [2.45, 2.75) is 76.6 Å². The Morgan fingerprint density at radius 2 is 1.60 bits per heavy atom. The van der Waals surface area contributed by atoms with Gasteiger partial charge in [-0.2, -0.15) is 13.2 Å². The Kier molecular flexibility index (Phi) is 5.00. The maximum Gasteiger partial charge on any atom is 0.405 e. The molecule has 2 aliphatic rings. The number of likely N-dealkylation sites (tertiary alicyclic amines) is 1. The molecule has 2 N–H and O–H groups in total. The summed E-state index contributed by atoms with van der Waals surface area (Å²) >= 11 is 0. The highest BCUT2D eigenvalue weighted by Crippen LogP contribution is 2.45. The Bertz CT molecular complexity index is 301. The van der Waals surface area contributed by atoms with Crippen molar-refractivity contribution in [2.24, 2.45) is 11.1 Å². The molecule has 2 atom stereocenters. The number of hydrogen-bond acceptors (Lipinski definition) is 2. The molecular formula is C15H27F3N2. The standard InChI is InChI=1S/C15H27F3N2/c1-2-12(19)13(15(16,17)18)20-10-8-14(9-11-20)6-4-3-5-7-14/h12-13H,2-11,19H2,1H3. The molecule has 0 aromatic carbocycles. The van der Waals surface area contributed by atoms with Gasteiger partial charge >= 0.3 is 6.18 Å². The normalized spacial score (nSPS) is 27.4. The number of hydrogen-bond donors (Lipinski definition) is 1. The molecule has 1 aliphatic heterocycles. The van der Waals surface area contributed by atoms with E-state index in [0.29, 0.717) is 24.9 Å². The predicted octanol–water partition coefficient (Wildman–Crippen LogP) is 3.70. The Balaban J connectivity index is 2.00. The molecule has 118 valence electrons. The number of alkyl halides is 3. The van der Waals surface area contributed by atoms with Crippen molar-refractivity contribution >= 4 is 0 Å². The highest BCUT2D eigenvalue weighted by atomic mass is 19.4. The maximum atomic E-state index is 13.3. The van der Waals surface area contributed by atoms with Crippen LogP contribution in [-0.4, -0.2) is 36.2 Å². The fourth-order valence-electron chi connectivity index (χ4n) is 4.02. The van der Waals surface area contributed by atoms with E-state index in [1.807, 2.05) is 0 Å². The zero-order valence-electron chi connectivity index (χ0n) is 12.4. The molecule has 1 spiro atoms. The second-order valence-corrected chi connectivity index (χ2v) is 6.66. The molecule has 0 amide bonds. The summed E-state index contributed by atoms with van der Waals surface area (Å²) in [4.78, 5) is 1.59. The van der Waals surface area contributed by atoms with Gasteiger partial charge in [-0.1, -0.05) is 26.2 Å². The van der Waals surface area contributed by atoms with E-state index in [2.05, 4.69) is 0 Å². The molecule has 0 aromatic heterocycles. The van der Waals surface area contributed by atoms with Crippen LogP contribution in [0.1, 0.15) is 58.3 Å². The second-order valence-electron chi connectivity index (χ2n) is 6.66. The van der Waals surface area contributed by atoms with Gasteiger partial charge in [-0.25, -0.2) is 0 Å². The smallest absolute Gasteiger partial charge is 0.326 e. The lowest BCUT2D eigenvalue weighted by molar-refractivity contribution is -0.195. The number of nitrogens with two attached hydrogens (primary N) is 1. The summed E-state index contributed by atoms with van der Waals surface area (Å²) in [6, 6.07) is -2.27. The van der Waals surface area contributed by atoms with Crippen LogP contribution in [0.5, 0.6) is 0 Å². The molecule has 2 unspecified atom stereocenters. The van der Waals surface area contributed by atoms with Crippen molar-refractivity contribution in [3.05, 3.63) is 0 Å². The first-order valence-electron chi connectivity index (χ1n) is 7.94. The molecule has 1 saturated heterocycles. The van der Waals surface area contributed by atoms with Gasteiger partial charge in [0.1, 0.15) is 6.04 Å². The van der Waals surface area contributed by atoms with Gasteiger partial charge in [0.05, 0.1) is 0 Å². The number of rotatable bonds is 3. The molecule has 2 fully saturated rings. The average Bonchev–Trinajstić information content (AvgIpc) is 2.41. The largest absolute Gasteiger partial charge is 0.405 e. The second kappa shape index (κ2) is 6.22. The van der Waals surface area contributed by atoms with Crippen molar-refractivity contribution < 1.29 is 13.2 Å². The fourth-order valence-corrected chi connectivity index (χ4v) is 4.02. The predicted molar refractivity (Wildman–Crippen MR) is 74.4 cm³/mol. The summed E-state index contributed by atoms with van der Waals surface area (Å²) in [5.74, 6) is 0. The molecule has 20 heavy (non-hydrogen) atoms. The van der Waals surface area contributed by atoms with Gasteiger partial charge < -0.3 is 5.73 Å². The van der Waals surface area contributed by atoms with Crippen molar-refractivity contribution in [2.75, 3.05) is 13.1 Å². The highest BCUT2D eigenvalue weighted by molar-refractivity contribution is 4.94. The van der Waals surface area contributed by atoms with Gasteiger partial charge in [0, 0.05) is 6.04 Å². The first-order chi connectivity index (χ1) is 9.38. The van der Waals surface area contributed by atoms with E-state index in [0.717, 1.165) is 12.8 Å². The van der Waals surface area contributed by atoms with E-state index in [1.54, 1.807) is 11.8 Å². The van der Waals surface area contributed by atoms with Crippen LogP contribution in [0.3, 0.4) is 0 Å². The lowest BCUT2D eigenvalue weighted by atomic mass is 9.68. The van der Waals surface area contributed by atoms with Crippen LogP contribution in [0.2, 0.25) is 0 Å². The van der Waals surface area contributed by atoms with Crippen LogP contribution in [-0.2, 0) is 0 Å². The summed E-state index contributed by atoms with van der Waals surface area (Å²) < 4.78 is 39.8. The van der Waals surface area contributed by atoms with Gasteiger partial charge in [0.15, 0.2) is 0 Å². The van der Waals surface area contributed by atoms with E-state index in [-0.39, 0.29) is 0 Å². The van der Waals surface area contributed by atoms with E-state index in [9.17, 15) is 13.2 Å². The first-order valence-corrected chi connectivity index (χ1v) is 7.94. The summed E-state index contributed by atoms with van der Waals surface area (Å²) in [6.45, 7) is 2.84. The highest BCUT2D eigenvalue weighted by Gasteiger charge is 2.48. The van der Waals surface area contributed by atoms with Crippen LogP contribution >= 0.6 is 0 Å². The number of piperidine rings is 1. The van der Waals surface area contributed by atoms with E-state index in [4.69, 9.17) is 5.73 Å². The molecule has 2 nitrogen and oxygen atoms in total. The Morgan fingerprint density at radius 1 is 1.05 bits per heavy atom. The fraction of sp³-hybridized carbons (Fsp3) is 1.00. The maximum absolute atomic E-state index is 13.3. The third-order valence-electron chi connectivity index (χ3n) is 5.38. The van der Waals surface area contributed by atoms with Crippen LogP contribution in [0.25, 0.3) is 0 Å². The van der Waals surface area contributed by atoms with Gasteiger partial charge in [0.2, 0.25) is 0 Å². The van der Waals surface area contributed by atoms with Gasteiger partial charge in [-0.15, -0.1) is 0 Å². The van der Waals surface area contributed by atoms with Crippen LogP contribution in [0.4, 0.5) is 13.2 Å². The monoisotopic (exact) mass is 292 g/mol. The quantitative estimate of drug-likeness (QED) is 0.859. The van der Waals surface area contributed by atoms with Crippen molar-refractivity contribution in [1.82, 2.24) is 4.90 Å². The lowest BCUT2D eigenvalue weighted by Crippen LogP contribution is -2.58. The lowest BCUT2D eigenvalue weighted by Gasteiger charge is -2.47. The molecule has 1 aliphatic carbocycles. The van der Waals surface area contributed by atoms with Gasteiger partial charge in [-0.3, -0.25) is 4.90 Å². The number of halogens is 3. The summed E-state index contributed by atoms with van der Waals surface area (Å²) in [5.41, 5.74) is 6.08. The minimum absolute atomic E-state index is 0.335. The van der Waals surface area contributed by atoms with Gasteiger partial charge in [0.25, 0.3) is 0 Å². The third kappa shape index (κ3) is 3.48. The molecular weight excluding hydrogens is 265 g/mol. The molecule has 1 heterocycles. The molecule has 0 bridgehead atoms. The SMILES string of the molecule is CCC(N)C(N1CCC2(CCCCC2)CC1)C(F)(F)F. The minimum Gasteiger partial charge on any atom is -0.326 e. The molecule has 5 heteroatoms. The minimum atomic E-state index is -4.22. The first kappa shape index (κ1) is 16.1. The van der Waals surface area contributed by atoms with Crippen molar-refractivity contribution in [3.8, 4) is 0 Å². The van der Waals surface area contributed by atoms with E-state index < -0.39 is 18.3 Å². The van der Waals surface area contributed by atoms with Crippen LogP contribution in [0, 0.1) is 5.41 Å². The number of nitrogens with zero attached hydrogens (tertiary/aromatic N) is 1. The third-order valence-corrected chi connectivity index (χ3v) is 5.38. The molecule has 0 aromatic rings. The Morgan fingerprint density at radius 3 is 2.05 bits per heavy atom. The molecule has 0 radical (unpaired) electrons. The molecule has 2 rings (SSSR count). The summed E-state index contributed by atoms with van der Waals surface area (Å²) in [5, 5.41) is 0. The zero-order chi connectivity index (χ0) is 14.8. The average molecular weight is 292 g/mol. The van der Waals surface area contributed by atoms with E-state index in [1.165, 1.54) is 32.1 Å². The molecule has 1 saturated carbocycles. The topological polar surface area (TPSA) is 29.3 Å². The van der Waals surface area contributed by atoms with Gasteiger partial charge in [-0.05, 0) is 50.6 Å². The zero-order valence-corrected chi connectivity index (χ0v) is 12.4. The van der Waals surface area contributed by atoms with Crippen molar-refractivity contribution in [3.63, 3.8) is 0 Å².